The molecule has 45 heavy (non-hydrogen) atoms. The minimum atomic E-state index is -1.24. The first-order chi connectivity index (χ1) is 21.4. The lowest BCUT2D eigenvalue weighted by atomic mass is 10.0. The average molecular weight is 632 g/mol. The van der Waals surface area contributed by atoms with E-state index in [2.05, 4.69) is 44.1 Å². The molecule has 4 atom stereocenters. The Hall–Kier alpha value is -4.30. The van der Waals surface area contributed by atoms with Crippen molar-refractivity contribution in [3.63, 3.8) is 0 Å². The van der Waals surface area contributed by atoms with Crippen LogP contribution in [0.15, 0.2) is 48.7 Å². The van der Waals surface area contributed by atoms with Crippen LogP contribution in [0.1, 0.15) is 59.3 Å². The Morgan fingerprint density at radius 3 is 2.31 bits per heavy atom. The average Bonchev–Trinajstić information content (AvgIpc) is 2.98. The Bertz CT molecular complexity index is 1120. The molecule has 1 saturated heterocycles. The Morgan fingerprint density at radius 1 is 0.889 bits per heavy atom. The predicted octanol–water partition coefficient (Wildman–Crippen LogP) is -0.679. The smallest absolute Gasteiger partial charge is 0.247 e. The molecule has 1 rings (SSSR count). The molecule has 9 N–H and O–H groups in total. The van der Waals surface area contributed by atoms with Crippen LogP contribution in [0, 0.1) is 5.92 Å². The normalized spacial score (nSPS) is 21.2. The van der Waals surface area contributed by atoms with Gasteiger partial charge in [-0.2, -0.15) is 0 Å². The fourth-order valence-corrected chi connectivity index (χ4v) is 3.91. The van der Waals surface area contributed by atoms with Crippen molar-refractivity contribution in [2.24, 2.45) is 11.7 Å². The number of amides is 6. The maximum Gasteiger partial charge on any atom is 0.247 e. The van der Waals surface area contributed by atoms with Gasteiger partial charge >= 0.3 is 0 Å². The van der Waals surface area contributed by atoms with Crippen molar-refractivity contribution in [2.75, 3.05) is 19.6 Å². The Labute approximate surface area is 264 Å². The van der Waals surface area contributed by atoms with Gasteiger partial charge in [0.2, 0.25) is 35.4 Å². The van der Waals surface area contributed by atoms with Gasteiger partial charge in [-0.15, -0.1) is 0 Å². The minimum absolute atomic E-state index is 0.0170. The number of carbonyl (C=O) groups is 6. The van der Waals surface area contributed by atoms with Crippen LogP contribution in [0.3, 0.4) is 0 Å². The number of carbonyl (C=O) groups excluding carboxylic acids is 6. The molecule has 14 heteroatoms. The molecule has 0 bridgehead atoms. The topological polar surface area (TPSA) is 221 Å². The summed E-state index contributed by atoms with van der Waals surface area (Å²) in [6.45, 7) is 4.51. The van der Waals surface area contributed by atoms with E-state index in [1.807, 2.05) is 19.9 Å². The summed E-state index contributed by atoms with van der Waals surface area (Å²) < 4.78 is 0. The van der Waals surface area contributed by atoms with Crippen molar-refractivity contribution in [3.05, 3.63) is 48.7 Å². The van der Waals surface area contributed by atoms with Gasteiger partial charge in [0.05, 0.1) is 12.6 Å². The van der Waals surface area contributed by atoms with Crippen LogP contribution in [0.2, 0.25) is 0 Å². The lowest BCUT2D eigenvalue weighted by Gasteiger charge is -2.24. The molecule has 1 aliphatic rings. The van der Waals surface area contributed by atoms with Crippen LogP contribution >= 0.6 is 0 Å². The molecule has 1 aliphatic heterocycles. The van der Waals surface area contributed by atoms with E-state index in [9.17, 15) is 33.9 Å². The second-order valence-electron chi connectivity index (χ2n) is 11.1. The Kier molecular flexibility index (Phi) is 19.1. The van der Waals surface area contributed by atoms with Crippen LogP contribution in [0.25, 0.3) is 0 Å². The van der Waals surface area contributed by atoms with E-state index in [1.54, 1.807) is 19.1 Å². The van der Waals surface area contributed by atoms with Crippen molar-refractivity contribution in [1.29, 1.82) is 0 Å². The largest absolute Gasteiger partial charge is 0.393 e. The summed E-state index contributed by atoms with van der Waals surface area (Å²) in [5.41, 5.74) is 5.78. The third-order valence-electron chi connectivity index (χ3n) is 6.34. The van der Waals surface area contributed by atoms with Gasteiger partial charge in [-0.3, -0.25) is 28.8 Å². The molecule has 0 saturated carbocycles. The van der Waals surface area contributed by atoms with Gasteiger partial charge in [-0.05, 0) is 51.4 Å². The summed E-state index contributed by atoms with van der Waals surface area (Å²) in [4.78, 5) is 74.6. The fraction of sp³-hybridized carbons (Fsp3) is 0.548. The zero-order chi connectivity index (χ0) is 33.6. The summed E-state index contributed by atoms with van der Waals surface area (Å²) >= 11 is 0. The first-order valence-electron chi connectivity index (χ1n) is 15.2. The minimum Gasteiger partial charge on any atom is -0.393 e. The van der Waals surface area contributed by atoms with Crippen molar-refractivity contribution >= 4 is 35.4 Å². The first kappa shape index (κ1) is 38.7. The number of unbranched alkanes of at least 4 members (excludes halogenated alkanes) is 2. The van der Waals surface area contributed by atoms with Gasteiger partial charge < -0.3 is 42.7 Å². The molecule has 250 valence electrons. The molecule has 14 nitrogen and oxygen atoms in total. The highest BCUT2D eigenvalue weighted by molar-refractivity contribution is 5.95. The zero-order valence-electron chi connectivity index (χ0n) is 26.3. The van der Waals surface area contributed by atoms with Gasteiger partial charge in [-0.25, -0.2) is 0 Å². The van der Waals surface area contributed by atoms with Crippen LogP contribution in [-0.2, 0) is 28.8 Å². The SMILES string of the molecule is CC(C)C[C@@H]1NC(=O)CNC(=O)[C@@H](N)CNC(=O)[C@@H](CNC(=O)/C=C/NC(=O)/C=C/C=C/CCC/C=C/CC[C@@H](C)O)NC1=O. The number of allylic oxidation sites excluding steroid dienone is 5. The number of aliphatic hydroxyl groups is 1. The summed E-state index contributed by atoms with van der Waals surface area (Å²) in [6, 6.07) is -3.37. The monoisotopic (exact) mass is 631 g/mol. The van der Waals surface area contributed by atoms with Crippen molar-refractivity contribution in [2.45, 2.75) is 83.5 Å². The quantitative estimate of drug-likeness (QED) is 0.0500. The number of nitrogens with two attached hydrogens (primary N) is 1. The fourth-order valence-electron chi connectivity index (χ4n) is 3.91. The highest BCUT2D eigenvalue weighted by atomic mass is 16.3. The molecule has 6 amide bonds. The molecular formula is C31H49N7O7. The number of hydrogen-bond acceptors (Lipinski definition) is 8. The van der Waals surface area contributed by atoms with E-state index in [0.717, 1.165) is 44.4 Å². The molecule has 1 heterocycles. The summed E-state index contributed by atoms with van der Waals surface area (Å²) in [6.07, 6.45) is 17.3. The lowest BCUT2D eigenvalue weighted by Crippen LogP contribution is -2.58. The molecule has 0 unspecified atom stereocenters. The predicted molar refractivity (Wildman–Crippen MR) is 170 cm³/mol. The van der Waals surface area contributed by atoms with E-state index in [4.69, 9.17) is 5.73 Å². The molecule has 0 aromatic carbocycles. The Balaban J connectivity index is 2.61. The third-order valence-corrected chi connectivity index (χ3v) is 6.34. The highest BCUT2D eigenvalue weighted by Crippen LogP contribution is 2.06. The van der Waals surface area contributed by atoms with Crippen LogP contribution in [-0.4, -0.2) is 84.4 Å². The van der Waals surface area contributed by atoms with Crippen LogP contribution < -0.4 is 37.6 Å². The van der Waals surface area contributed by atoms with Crippen molar-refractivity contribution < 1.29 is 33.9 Å². The van der Waals surface area contributed by atoms with Gasteiger partial charge in [0.1, 0.15) is 18.1 Å². The van der Waals surface area contributed by atoms with Gasteiger partial charge in [0, 0.05) is 31.4 Å². The molecule has 0 aliphatic carbocycles. The molecule has 0 spiro atoms. The number of hydrogen-bond donors (Lipinski definition) is 8. The molecule has 0 radical (unpaired) electrons. The van der Waals surface area contributed by atoms with Crippen LogP contribution in [0.5, 0.6) is 0 Å². The maximum atomic E-state index is 13.0. The molecule has 0 aromatic rings. The lowest BCUT2D eigenvalue weighted by molar-refractivity contribution is -0.132. The van der Waals surface area contributed by atoms with Crippen LogP contribution in [0.4, 0.5) is 0 Å². The highest BCUT2D eigenvalue weighted by Gasteiger charge is 2.29. The van der Waals surface area contributed by atoms with E-state index in [-0.39, 0.29) is 38.1 Å². The van der Waals surface area contributed by atoms with E-state index < -0.39 is 53.6 Å². The standard InChI is InChI=1S/C31H49N7O7/c1-21(2)17-24-31(45)38-25(30(44)35-18-23(32)29(43)36-20-28(42)37-24)19-34-27(41)15-16-33-26(40)14-12-10-8-6-4-5-7-9-11-13-22(3)39/h7-10,12,14-16,21-25,39H,4-6,11,13,17-20,32H2,1-3H3,(H,33,40)(H,34,41)(H,35,44)(H,36,43)(H,37,42)(H,38,45)/b9-7+,10-8+,14-12+,16-15+/t22-,23+,24+,25-/m1/s1. The summed E-state index contributed by atoms with van der Waals surface area (Å²) in [5.74, 6) is -3.66. The first-order valence-corrected chi connectivity index (χ1v) is 15.2. The van der Waals surface area contributed by atoms with Crippen molar-refractivity contribution in [3.8, 4) is 0 Å². The third kappa shape index (κ3) is 18.9. The summed E-state index contributed by atoms with van der Waals surface area (Å²) in [5, 5.41) is 24.1. The second-order valence-corrected chi connectivity index (χ2v) is 11.1. The van der Waals surface area contributed by atoms with Crippen molar-refractivity contribution in [1.82, 2.24) is 31.9 Å². The summed E-state index contributed by atoms with van der Waals surface area (Å²) in [7, 11) is 0. The maximum absolute atomic E-state index is 13.0. The number of rotatable bonds is 15. The number of nitrogens with one attached hydrogen (secondary N) is 6. The van der Waals surface area contributed by atoms with E-state index >= 15 is 0 Å². The molecule has 1 fully saturated rings. The van der Waals surface area contributed by atoms with Gasteiger partial charge in [-0.1, -0.05) is 44.2 Å². The van der Waals surface area contributed by atoms with E-state index in [0.29, 0.717) is 0 Å². The number of aliphatic hydroxyl groups excluding tert-OH is 1. The molecule has 0 aromatic heterocycles. The van der Waals surface area contributed by atoms with Gasteiger partial charge in [0.25, 0.3) is 0 Å². The molecular weight excluding hydrogens is 582 g/mol. The second kappa shape index (κ2) is 22.2. The van der Waals surface area contributed by atoms with E-state index in [1.165, 1.54) is 6.08 Å². The zero-order valence-corrected chi connectivity index (χ0v) is 26.3. The van der Waals surface area contributed by atoms with Gasteiger partial charge in [0.15, 0.2) is 0 Å². The Morgan fingerprint density at radius 2 is 1.60 bits per heavy atom.